The van der Waals surface area contributed by atoms with E-state index in [0.717, 1.165) is 11.1 Å². The monoisotopic (exact) mass is 458 g/mol. The van der Waals surface area contributed by atoms with Crippen molar-refractivity contribution in [1.82, 2.24) is 10.2 Å². The number of nitrogens with zero attached hydrogens (tertiary/aromatic N) is 1. The van der Waals surface area contributed by atoms with Crippen molar-refractivity contribution in [2.24, 2.45) is 0 Å². The van der Waals surface area contributed by atoms with Gasteiger partial charge in [0.2, 0.25) is 17.5 Å². The average Bonchev–Trinajstić information content (AvgIpc) is 2.98. The van der Waals surface area contributed by atoms with E-state index in [-0.39, 0.29) is 24.8 Å². The lowest BCUT2D eigenvalue weighted by atomic mass is 9.89. The Morgan fingerprint density at radius 2 is 1.65 bits per heavy atom. The lowest BCUT2D eigenvalue weighted by Gasteiger charge is -2.48. The molecule has 162 valence electrons. The summed E-state index contributed by atoms with van der Waals surface area (Å²) in [7, 11) is 0. The summed E-state index contributed by atoms with van der Waals surface area (Å²) in [5.74, 6) is -1.43. The lowest BCUT2D eigenvalue weighted by molar-refractivity contribution is -0.178. The van der Waals surface area contributed by atoms with Gasteiger partial charge in [-0.25, -0.2) is 4.79 Å². The quantitative estimate of drug-likeness (QED) is 0.409. The zero-order valence-corrected chi connectivity index (χ0v) is 18.8. The molecule has 2 aromatic rings. The van der Waals surface area contributed by atoms with Crippen LogP contribution < -0.4 is 5.32 Å². The van der Waals surface area contributed by atoms with E-state index in [4.69, 9.17) is 16.3 Å². The molecule has 2 saturated heterocycles. The van der Waals surface area contributed by atoms with E-state index in [9.17, 15) is 14.4 Å². The first-order valence-corrected chi connectivity index (χ1v) is 11.3. The number of ether oxygens (including phenoxy) is 1. The molecule has 0 spiro atoms. The van der Waals surface area contributed by atoms with Crippen LogP contribution in [0.15, 0.2) is 60.7 Å². The Morgan fingerprint density at radius 1 is 1.06 bits per heavy atom. The topological polar surface area (TPSA) is 75.7 Å². The molecule has 0 aliphatic carbocycles. The third kappa shape index (κ3) is 3.70. The predicted octanol–water partition coefficient (Wildman–Crippen LogP) is 3.09. The molecule has 2 aliphatic heterocycles. The number of alkyl halides is 1. The smallest absolute Gasteiger partial charge is 0.355 e. The van der Waals surface area contributed by atoms with Crippen LogP contribution in [-0.4, -0.2) is 43.8 Å². The average molecular weight is 459 g/mol. The number of carbonyl (C=O) groups excluding carboxylic acids is 3. The maximum atomic E-state index is 13.5. The molecule has 2 aromatic carbocycles. The van der Waals surface area contributed by atoms with Crippen molar-refractivity contribution >= 4 is 41.1 Å². The van der Waals surface area contributed by atoms with Gasteiger partial charge in [-0.15, -0.1) is 23.4 Å². The Bertz CT molecular complexity index is 1000. The molecule has 1 N–H and O–H groups in total. The number of hydrogen-bond acceptors (Lipinski definition) is 5. The zero-order chi connectivity index (χ0) is 22.2. The number of hydrogen-bond donors (Lipinski definition) is 1. The minimum Gasteiger partial charge on any atom is -0.458 e. The van der Waals surface area contributed by atoms with Gasteiger partial charge in [0, 0.05) is 0 Å². The van der Waals surface area contributed by atoms with Crippen LogP contribution in [0.25, 0.3) is 0 Å². The zero-order valence-electron chi connectivity index (χ0n) is 17.2. The van der Waals surface area contributed by atoms with Crippen molar-refractivity contribution in [2.45, 2.75) is 48.0 Å². The fourth-order valence-electron chi connectivity index (χ4n) is 4.04. The van der Waals surface area contributed by atoms with Crippen LogP contribution in [0, 0.1) is 0 Å². The number of thioether (sulfide) groups is 1. The normalized spacial score (nSPS) is 26.0. The van der Waals surface area contributed by atoms with Crippen LogP contribution in [0.4, 0.5) is 0 Å². The molecule has 8 heteroatoms. The van der Waals surface area contributed by atoms with Crippen molar-refractivity contribution in [2.75, 3.05) is 0 Å². The van der Waals surface area contributed by atoms with Crippen LogP contribution in [0.3, 0.4) is 0 Å². The Morgan fingerprint density at radius 3 is 2.26 bits per heavy atom. The number of esters is 1. The number of nitrogens with one attached hydrogen (secondary N) is 1. The van der Waals surface area contributed by atoms with Crippen LogP contribution in [-0.2, 0) is 32.1 Å². The number of carbonyl (C=O) groups is 3. The van der Waals surface area contributed by atoms with E-state index >= 15 is 0 Å². The Hall–Kier alpha value is -2.51. The molecular weight excluding hydrogens is 436 g/mol. The molecule has 2 fully saturated rings. The highest BCUT2D eigenvalue weighted by molar-refractivity contribution is 8.01. The van der Waals surface area contributed by atoms with Crippen molar-refractivity contribution in [3.8, 4) is 0 Å². The summed E-state index contributed by atoms with van der Waals surface area (Å²) in [6, 6.07) is 18.5. The van der Waals surface area contributed by atoms with Crippen molar-refractivity contribution < 1.29 is 19.1 Å². The van der Waals surface area contributed by atoms with Gasteiger partial charge >= 0.3 is 5.97 Å². The Kier molecular flexibility index (Phi) is 5.75. The number of rotatable bonds is 6. The van der Waals surface area contributed by atoms with E-state index in [1.54, 1.807) is 0 Å². The fourth-order valence-corrected chi connectivity index (χ4v) is 6.02. The van der Waals surface area contributed by atoms with Gasteiger partial charge in [-0.3, -0.25) is 14.5 Å². The van der Waals surface area contributed by atoms with E-state index in [2.05, 4.69) is 5.32 Å². The van der Waals surface area contributed by atoms with E-state index in [1.807, 2.05) is 74.5 Å². The summed E-state index contributed by atoms with van der Waals surface area (Å²) in [6.07, 6.45) is 0.0757. The van der Waals surface area contributed by atoms with Crippen LogP contribution in [0.5, 0.6) is 0 Å². The van der Waals surface area contributed by atoms with Gasteiger partial charge in [-0.2, -0.15) is 0 Å². The molecule has 2 aliphatic rings. The van der Waals surface area contributed by atoms with Gasteiger partial charge in [-0.05, 0) is 25.0 Å². The van der Waals surface area contributed by atoms with Crippen LogP contribution in [0.1, 0.15) is 25.0 Å². The second-order valence-corrected chi connectivity index (χ2v) is 10.3. The van der Waals surface area contributed by atoms with Gasteiger partial charge in [0.05, 0.1) is 11.2 Å². The highest BCUT2D eigenvalue weighted by Crippen LogP contribution is 2.57. The van der Waals surface area contributed by atoms with Crippen molar-refractivity contribution in [1.29, 1.82) is 0 Å². The molecule has 31 heavy (non-hydrogen) atoms. The molecule has 0 radical (unpaired) electrons. The first kappa shape index (κ1) is 21.7. The molecule has 2 heterocycles. The first-order chi connectivity index (χ1) is 14.8. The molecule has 0 aromatic heterocycles. The number of β-lactam (4-membered cyclic amide) rings is 1. The summed E-state index contributed by atoms with van der Waals surface area (Å²) in [4.78, 5) is 40.6. The highest BCUT2D eigenvalue weighted by Gasteiger charge is 2.73. The van der Waals surface area contributed by atoms with Crippen molar-refractivity contribution in [3.05, 3.63) is 71.8 Å². The SMILES string of the molecule is CC1(C)S[C@@H]2[C@H](Cl)C(=O)N2[C@@]1(NC(=O)Cc1ccccc1)C(=O)OCc1ccccc1. The van der Waals surface area contributed by atoms with Gasteiger partial charge in [0.15, 0.2) is 0 Å². The molecule has 3 atom stereocenters. The summed E-state index contributed by atoms with van der Waals surface area (Å²) in [6.45, 7) is 3.67. The van der Waals surface area contributed by atoms with Gasteiger partial charge in [-0.1, -0.05) is 60.7 Å². The summed E-state index contributed by atoms with van der Waals surface area (Å²) in [5, 5.41) is 1.71. The molecule has 0 bridgehead atoms. The third-order valence-corrected chi connectivity index (χ3v) is 7.85. The molecule has 4 rings (SSSR count). The van der Waals surface area contributed by atoms with Crippen LogP contribution >= 0.6 is 23.4 Å². The lowest BCUT2D eigenvalue weighted by Crippen LogP contribution is -2.77. The molecule has 2 amide bonds. The van der Waals surface area contributed by atoms with Gasteiger partial charge in [0.25, 0.3) is 0 Å². The van der Waals surface area contributed by atoms with Crippen molar-refractivity contribution in [3.63, 3.8) is 0 Å². The standard InChI is InChI=1S/C23H23ClN2O4S/c1-22(2)23(26-19(28)18(24)20(26)31-22,21(29)30-14-16-11-7-4-8-12-16)25-17(27)13-15-9-5-3-6-10-15/h3-12,18,20H,13-14H2,1-2H3,(H,25,27)/t18-,20-,23+/m1/s1. The fraction of sp³-hybridized carbons (Fsp3) is 0.348. The number of benzene rings is 2. The summed E-state index contributed by atoms with van der Waals surface area (Å²) >= 11 is 7.61. The third-order valence-electron chi connectivity index (χ3n) is 5.66. The van der Waals surface area contributed by atoms with Gasteiger partial charge < -0.3 is 10.1 Å². The largest absolute Gasteiger partial charge is 0.458 e. The minimum absolute atomic E-state index is 0.0354. The van der Waals surface area contributed by atoms with E-state index in [1.165, 1.54) is 16.7 Å². The summed E-state index contributed by atoms with van der Waals surface area (Å²) < 4.78 is 4.78. The molecule has 6 nitrogen and oxygen atoms in total. The number of fused-ring (bicyclic) bond motifs is 1. The Labute approximate surface area is 190 Å². The molecule has 0 unspecified atom stereocenters. The van der Waals surface area contributed by atoms with Crippen LogP contribution in [0.2, 0.25) is 0 Å². The second-order valence-electron chi connectivity index (χ2n) is 8.11. The number of halogens is 1. The maximum absolute atomic E-state index is 13.5. The predicted molar refractivity (Wildman–Crippen MR) is 119 cm³/mol. The minimum atomic E-state index is -1.65. The summed E-state index contributed by atoms with van der Waals surface area (Å²) in [5.41, 5.74) is -0.0319. The Balaban J connectivity index is 1.63. The maximum Gasteiger partial charge on any atom is 0.355 e. The van der Waals surface area contributed by atoms with Gasteiger partial charge in [0.1, 0.15) is 17.4 Å². The number of amides is 2. The first-order valence-electron chi connectivity index (χ1n) is 9.97. The molecular formula is C23H23ClN2O4S. The molecule has 0 saturated carbocycles. The second kappa shape index (κ2) is 8.20. The highest BCUT2D eigenvalue weighted by atomic mass is 35.5. The van der Waals surface area contributed by atoms with E-state index < -0.39 is 27.1 Å². The van der Waals surface area contributed by atoms with E-state index in [0.29, 0.717) is 0 Å².